The van der Waals surface area contributed by atoms with Crippen LogP contribution < -0.4 is 10.0 Å². The summed E-state index contributed by atoms with van der Waals surface area (Å²) >= 11 is 0. The summed E-state index contributed by atoms with van der Waals surface area (Å²) in [6.45, 7) is 4.41. The molecule has 0 saturated carbocycles. The molecular formula is C20H21N7O2S. The molecule has 3 heterocycles. The van der Waals surface area contributed by atoms with E-state index in [1.54, 1.807) is 41.2 Å². The minimum absolute atomic E-state index is 0.162. The third-order valence-corrected chi connectivity index (χ3v) is 5.98. The molecule has 0 spiro atoms. The van der Waals surface area contributed by atoms with Crippen molar-refractivity contribution in [3.05, 3.63) is 66.1 Å². The van der Waals surface area contributed by atoms with Gasteiger partial charge < -0.3 is 5.32 Å². The van der Waals surface area contributed by atoms with Crippen molar-refractivity contribution in [2.75, 3.05) is 18.4 Å². The Morgan fingerprint density at radius 1 is 1.00 bits per heavy atom. The Morgan fingerprint density at radius 3 is 2.57 bits per heavy atom. The van der Waals surface area contributed by atoms with Gasteiger partial charge in [0, 0.05) is 30.4 Å². The van der Waals surface area contributed by atoms with E-state index >= 15 is 0 Å². The molecular weight excluding hydrogens is 402 g/mol. The van der Waals surface area contributed by atoms with Gasteiger partial charge in [-0.15, -0.1) is 10.2 Å². The van der Waals surface area contributed by atoms with Crippen LogP contribution >= 0.6 is 0 Å². The number of aryl methyl sites for hydroxylation is 2. The maximum Gasteiger partial charge on any atom is 0.242 e. The van der Waals surface area contributed by atoms with Crippen LogP contribution in [0.3, 0.4) is 0 Å². The first kappa shape index (κ1) is 19.9. The van der Waals surface area contributed by atoms with Gasteiger partial charge >= 0.3 is 0 Å². The summed E-state index contributed by atoms with van der Waals surface area (Å²) in [5.74, 6) is 1.17. The van der Waals surface area contributed by atoms with Crippen molar-refractivity contribution in [2.45, 2.75) is 18.7 Å². The Morgan fingerprint density at radius 2 is 1.83 bits per heavy atom. The van der Waals surface area contributed by atoms with Crippen LogP contribution in [0.5, 0.6) is 0 Å². The van der Waals surface area contributed by atoms with Gasteiger partial charge in [-0.05, 0) is 44.2 Å². The Kier molecular flexibility index (Phi) is 5.42. The van der Waals surface area contributed by atoms with E-state index in [9.17, 15) is 8.42 Å². The average Bonchev–Trinajstić information content (AvgIpc) is 3.09. The molecule has 10 heteroatoms. The first-order valence-electron chi connectivity index (χ1n) is 9.39. The molecule has 4 rings (SSSR count). The molecule has 0 aliphatic heterocycles. The third-order valence-electron chi connectivity index (χ3n) is 4.49. The van der Waals surface area contributed by atoms with Crippen molar-refractivity contribution in [3.8, 4) is 5.82 Å². The van der Waals surface area contributed by atoms with E-state index in [1.165, 1.54) is 0 Å². The monoisotopic (exact) mass is 423 g/mol. The van der Waals surface area contributed by atoms with Gasteiger partial charge in [-0.1, -0.05) is 18.2 Å². The van der Waals surface area contributed by atoms with E-state index in [4.69, 9.17) is 0 Å². The Bertz CT molecular complexity index is 1280. The van der Waals surface area contributed by atoms with Gasteiger partial charge in [0.05, 0.1) is 11.2 Å². The van der Waals surface area contributed by atoms with Crippen molar-refractivity contribution in [2.24, 2.45) is 0 Å². The highest BCUT2D eigenvalue weighted by Crippen LogP contribution is 2.20. The quantitative estimate of drug-likeness (QED) is 0.438. The fraction of sp³-hybridized carbons (Fsp3) is 0.200. The highest BCUT2D eigenvalue weighted by molar-refractivity contribution is 7.89. The highest BCUT2D eigenvalue weighted by atomic mass is 32.2. The highest BCUT2D eigenvalue weighted by Gasteiger charge is 2.17. The van der Waals surface area contributed by atoms with E-state index in [0.29, 0.717) is 23.7 Å². The normalized spacial score (nSPS) is 11.7. The van der Waals surface area contributed by atoms with Crippen LogP contribution in [0.4, 0.5) is 5.82 Å². The second-order valence-electron chi connectivity index (χ2n) is 6.77. The molecule has 0 aliphatic rings. The molecule has 2 N–H and O–H groups in total. The van der Waals surface area contributed by atoms with Gasteiger partial charge in [0.1, 0.15) is 10.7 Å². The zero-order chi connectivity index (χ0) is 21.1. The van der Waals surface area contributed by atoms with Crippen LogP contribution in [-0.2, 0) is 10.0 Å². The number of anilines is 1. The van der Waals surface area contributed by atoms with Crippen LogP contribution in [0, 0.1) is 13.8 Å². The molecule has 154 valence electrons. The predicted molar refractivity (Wildman–Crippen MR) is 114 cm³/mol. The van der Waals surface area contributed by atoms with E-state index in [0.717, 1.165) is 16.8 Å². The molecule has 0 bridgehead atoms. The van der Waals surface area contributed by atoms with Crippen molar-refractivity contribution < 1.29 is 8.42 Å². The Labute approximate surface area is 174 Å². The number of para-hydroxylation sites is 1. The maximum atomic E-state index is 12.7. The fourth-order valence-electron chi connectivity index (χ4n) is 3.14. The zero-order valence-corrected chi connectivity index (χ0v) is 17.4. The van der Waals surface area contributed by atoms with Crippen molar-refractivity contribution >= 4 is 26.7 Å². The van der Waals surface area contributed by atoms with Crippen LogP contribution in [0.25, 0.3) is 16.7 Å². The molecule has 0 atom stereocenters. The van der Waals surface area contributed by atoms with E-state index in [-0.39, 0.29) is 11.4 Å². The minimum Gasteiger partial charge on any atom is -0.367 e. The van der Waals surface area contributed by atoms with Crippen LogP contribution in [-0.4, -0.2) is 46.5 Å². The maximum absolute atomic E-state index is 12.7. The summed E-state index contributed by atoms with van der Waals surface area (Å²) in [7, 11) is -3.69. The number of aromatic nitrogens is 5. The molecule has 0 aliphatic carbocycles. The lowest BCUT2D eigenvalue weighted by Crippen LogP contribution is -2.29. The smallest absolute Gasteiger partial charge is 0.242 e. The number of hydrogen-bond donors (Lipinski definition) is 2. The average molecular weight is 424 g/mol. The summed E-state index contributed by atoms with van der Waals surface area (Å²) in [5.41, 5.74) is 2.33. The number of hydrogen-bond acceptors (Lipinski definition) is 7. The number of nitrogens with one attached hydrogen (secondary N) is 2. The SMILES string of the molecule is Cc1cc(C)n(-c2ccc(NCCNS(=O)(=O)c3cccc4cccnc34)nn2)n1. The second kappa shape index (κ2) is 8.17. The van der Waals surface area contributed by atoms with Crippen LogP contribution in [0.15, 0.2) is 59.6 Å². The molecule has 0 fully saturated rings. The van der Waals surface area contributed by atoms with Crippen molar-refractivity contribution in [1.29, 1.82) is 0 Å². The number of benzene rings is 1. The standard InChI is InChI=1S/C20H21N7O2S/c1-14-13-15(2)27(26-14)19-9-8-18(24-25-19)21-11-12-23-30(28,29)17-7-3-5-16-6-4-10-22-20(16)17/h3-10,13,23H,11-12H2,1-2H3,(H,21,24). The number of pyridine rings is 1. The fourth-order valence-corrected chi connectivity index (χ4v) is 4.35. The Hall–Kier alpha value is -3.37. The molecule has 3 aromatic heterocycles. The predicted octanol–water partition coefficient (Wildman–Crippen LogP) is 2.22. The molecule has 0 unspecified atom stereocenters. The lowest BCUT2D eigenvalue weighted by molar-refractivity contribution is 0.583. The summed E-state index contributed by atoms with van der Waals surface area (Å²) in [5, 5.41) is 16.5. The lowest BCUT2D eigenvalue weighted by atomic mass is 10.2. The van der Waals surface area contributed by atoms with Gasteiger partial charge in [0.25, 0.3) is 0 Å². The molecule has 0 saturated heterocycles. The third kappa shape index (κ3) is 4.14. The summed E-state index contributed by atoms with van der Waals surface area (Å²) in [6, 6.07) is 14.2. The number of nitrogens with zero attached hydrogens (tertiary/aromatic N) is 5. The van der Waals surface area contributed by atoms with E-state index in [1.807, 2.05) is 32.0 Å². The molecule has 0 radical (unpaired) electrons. The summed E-state index contributed by atoms with van der Waals surface area (Å²) in [6.07, 6.45) is 1.58. The molecule has 0 amide bonds. The second-order valence-corrected chi connectivity index (χ2v) is 8.51. The van der Waals surface area contributed by atoms with Crippen LogP contribution in [0.2, 0.25) is 0 Å². The molecule has 4 aromatic rings. The first-order valence-corrected chi connectivity index (χ1v) is 10.9. The van der Waals surface area contributed by atoms with E-state index in [2.05, 4.69) is 30.3 Å². The van der Waals surface area contributed by atoms with Crippen LogP contribution in [0.1, 0.15) is 11.4 Å². The molecule has 1 aromatic carbocycles. The minimum atomic E-state index is -3.69. The van der Waals surface area contributed by atoms with Gasteiger partial charge in [0.15, 0.2) is 5.82 Å². The number of sulfonamides is 1. The van der Waals surface area contributed by atoms with Gasteiger partial charge in [-0.3, -0.25) is 4.98 Å². The summed E-state index contributed by atoms with van der Waals surface area (Å²) < 4.78 is 29.7. The van der Waals surface area contributed by atoms with E-state index < -0.39 is 10.0 Å². The topological polar surface area (TPSA) is 115 Å². The molecule has 9 nitrogen and oxygen atoms in total. The van der Waals surface area contributed by atoms with Crippen molar-refractivity contribution in [1.82, 2.24) is 29.7 Å². The number of rotatable bonds is 7. The molecule has 30 heavy (non-hydrogen) atoms. The van der Waals surface area contributed by atoms with Gasteiger partial charge in [-0.25, -0.2) is 17.8 Å². The zero-order valence-electron chi connectivity index (χ0n) is 16.6. The van der Waals surface area contributed by atoms with Gasteiger partial charge in [-0.2, -0.15) is 5.10 Å². The first-order chi connectivity index (χ1) is 14.4. The largest absolute Gasteiger partial charge is 0.367 e. The summed E-state index contributed by atoms with van der Waals surface area (Å²) in [4.78, 5) is 4.37. The lowest BCUT2D eigenvalue weighted by Gasteiger charge is -2.10. The van der Waals surface area contributed by atoms with Crippen molar-refractivity contribution in [3.63, 3.8) is 0 Å². The van der Waals surface area contributed by atoms with Gasteiger partial charge in [0.2, 0.25) is 10.0 Å². The Balaban J connectivity index is 1.37. The number of fused-ring (bicyclic) bond motifs is 1.